The SMILES string of the molecule is CCS(=O)C1CCCC(NC(=NC)NCCCOc2ccccc2C)C1. The Morgan fingerprint density at radius 2 is 2.15 bits per heavy atom. The lowest BCUT2D eigenvalue weighted by Crippen LogP contribution is -2.47. The second kappa shape index (κ2) is 11.2. The highest BCUT2D eigenvalue weighted by Crippen LogP contribution is 2.23. The van der Waals surface area contributed by atoms with Gasteiger partial charge in [0.1, 0.15) is 5.75 Å². The smallest absolute Gasteiger partial charge is 0.191 e. The topological polar surface area (TPSA) is 62.7 Å². The molecule has 0 bridgehead atoms. The molecule has 3 atom stereocenters. The molecule has 0 radical (unpaired) electrons. The molecule has 1 aromatic rings. The van der Waals surface area contributed by atoms with Crippen LogP contribution in [0.1, 0.15) is 44.6 Å². The van der Waals surface area contributed by atoms with Crippen LogP contribution in [0, 0.1) is 6.92 Å². The van der Waals surface area contributed by atoms with Crippen LogP contribution in [0.4, 0.5) is 0 Å². The van der Waals surface area contributed by atoms with Crippen LogP contribution in [-0.4, -0.2) is 47.4 Å². The van der Waals surface area contributed by atoms with E-state index in [-0.39, 0.29) is 0 Å². The lowest BCUT2D eigenvalue weighted by atomic mass is 9.95. The lowest BCUT2D eigenvalue weighted by Gasteiger charge is -2.30. The van der Waals surface area contributed by atoms with E-state index in [0.29, 0.717) is 17.9 Å². The Morgan fingerprint density at radius 1 is 1.35 bits per heavy atom. The summed E-state index contributed by atoms with van der Waals surface area (Å²) in [6.45, 7) is 5.55. The Kier molecular flexibility index (Phi) is 8.95. The van der Waals surface area contributed by atoms with Gasteiger partial charge >= 0.3 is 0 Å². The number of benzene rings is 1. The number of para-hydroxylation sites is 1. The Bertz CT molecular complexity index is 606. The predicted octanol–water partition coefficient (Wildman–Crippen LogP) is 3.01. The number of rotatable bonds is 8. The van der Waals surface area contributed by atoms with Crippen LogP contribution in [0.15, 0.2) is 29.3 Å². The minimum absolute atomic E-state index is 0.326. The van der Waals surface area contributed by atoms with Crippen molar-refractivity contribution in [3.05, 3.63) is 29.8 Å². The van der Waals surface area contributed by atoms with E-state index < -0.39 is 10.8 Å². The molecule has 6 heteroatoms. The van der Waals surface area contributed by atoms with Crippen molar-refractivity contribution in [2.45, 2.75) is 57.2 Å². The van der Waals surface area contributed by atoms with E-state index in [9.17, 15) is 4.21 Å². The molecule has 0 spiro atoms. The highest BCUT2D eigenvalue weighted by atomic mass is 32.2. The number of nitrogens with zero attached hydrogens (tertiary/aromatic N) is 1. The molecule has 0 heterocycles. The molecule has 26 heavy (non-hydrogen) atoms. The first-order chi connectivity index (χ1) is 12.6. The Labute approximate surface area is 160 Å². The zero-order valence-electron chi connectivity index (χ0n) is 16.3. The Morgan fingerprint density at radius 3 is 2.88 bits per heavy atom. The second-order valence-electron chi connectivity index (χ2n) is 6.77. The van der Waals surface area contributed by atoms with Crippen LogP contribution in [0.2, 0.25) is 0 Å². The third kappa shape index (κ3) is 6.63. The molecule has 1 aliphatic rings. The number of hydrogen-bond acceptors (Lipinski definition) is 3. The number of guanidine groups is 1. The fraction of sp³-hybridized carbons (Fsp3) is 0.650. The highest BCUT2D eigenvalue weighted by Gasteiger charge is 2.25. The van der Waals surface area contributed by atoms with E-state index in [4.69, 9.17) is 4.74 Å². The van der Waals surface area contributed by atoms with Crippen molar-refractivity contribution < 1.29 is 8.95 Å². The molecule has 2 N–H and O–H groups in total. The van der Waals surface area contributed by atoms with Gasteiger partial charge in [0.05, 0.1) is 6.61 Å². The van der Waals surface area contributed by atoms with Gasteiger partial charge in [-0.05, 0) is 44.2 Å². The molecule has 1 fully saturated rings. The average molecular weight is 380 g/mol. The zero-order valence-corrected chi connectivity index (χ0v) is 17.1. The number of hydrogen-bond donors (Lipinski definition) is 2. The fourth-order valence-electron chi connectivity index (χ4n) is 3.32. The molecule has 3 unspecified atom stereocenters. The van der Waals surface area contributed by atoms with Crippen molar-refractivity contribution in [1.29, 1.82) is 0 Å². The maximum atomic E-state index is 12.1. The van der Waals surface area contributed by atoms with Crippen LogP contribution in [0.5, 0.6) is 5.75 Å². The minimum Gasteiger partial charge on any atom is -0.493 e. The second-order valence-corrected chi connectivity index (χ2v) is 8.77. The van der Waals surface area contributed by atoms with Gasteiger partial charge in [0.2, 0.25) is 0 Å². The van der Waals surface area contributed by atoms with Crippen molar-refractivity contribution in [2.75, 3.05) is 26.0 Å². The van der Waals surface area contributed by atoms with E-state index in [1.807, 2.05) is 25.1 Å². The zero-order chi connectivity index (χ0) is 18.8. The van der Waals surface area contributed by atoms with Crippen molar-refractivity contribution in [3.63, 3.8) is 0 Å². The summed E-state index contributed by atoms with van der Waals surface area (Å²) in [6, 6.07) is 8.44. The van der Waals surface area contributed by atoms with Gasteiger partial charge in [0, 0.05) is 41.4 Å². The maximum Gasteiger partial charge on any atom is 0.191 e. The molecular weight excluding hydrogens is 346 g/mol. The van der Waals surface area contributed by atoms with Crippen LogP contribution in [0.25, 0.3) is 0 Å². The van der Waals surface area contributed by atoms with E-state index in [1.54, 1.807) is 7.05 Å². The van der Waals surface area contributed by atoms with Gasteiger partial charge in [-0.1, -0.05) is 31.5 Å². The van der Waals surface area contributed by atoms with E-state index in [1.165, 1.54) is 0 Å². The summed E-state index contributed by atoms with van der Waals surface area (Å²) >= 11 is 0. The van der Waals surface area contributed by atoms with Gasteiger partial charge in [0.25, 0.3) is 0 Å². The summed E-state index contributed by atoms with van der Waals surface area (Å²) in [6.07, 6.45) is 5.21. The molecule has 0 amide bonds. The van der Waals surface area contributed by atoms with Gasteiger partial charge in [-0.15, -0.1) is 0 Å². The monoisotopic (exact) mass is 379 g/mol. The summed E-state index contributed by atoms with van der Waals surface area (Å²) in [7, 11) is 1.10. The van der Waals surface area contributed by atoms with E-state index >= 15 is 0 Å². The summed E-state index contributed by atoms with van der Waals surface area (Å²) < 4.78 is 17.9. The molecular formula is C20H33N3O2S. The number of aryl methyl sites for hydroxylation is 1. The number of ether oxygens (including phenoxy) is 1. The first-order valence-corrected chi connectivity index (χ1v) is 11.0. The van der Waals surface area contributed by atoms with Crippen molar-refractivity contribution in [3.8, 4) is 5.75 Å². The average Bonchev–Trinajstić information content (AvgIpc) is 2.67. The molecule has 0 saturated heterocycles. The van der Waals surface area contributed by atoms with Crippen LogP contribution in [0.3, 0.4) is 0 Å². The Hall–Kier alpha value is -1.56. The van der Waals surface area contributed by atoms with Gasteiger partial charge in [0.15, 0.2) is 5.96 Å². The predicted molar refractivity (Wildman–Crippen MR) is 111 cm³/mol. The standard InChI is InChI=1S/C20H33N3O2S/c1-4-26(24)18-11-7-10-17(15-18)23-20(21-3)22-13-8-14-25-19-12-6-5-9-16(19)2/h5-6,9,12,17-18H,4,7-8,10-11,13-15H2,1-3H3,(H2,21,22,23). The fourth-order valence-corrected chi connectivity index (χ4v) is 4.67. The minimum atomic E-state index is -0.696. The highest BCUT2D eigenvalue weighted by molar-refractivity contribution is 7.85. The Balaban J connectivity index is 1.67. The summed E-state index contributed by atoms with van der Waals surface area (Å²) in [5.74, 6) is 2.53. The third-order valence-electron chi connectivity index (χ3n) is 4.81. The molecule has 0 aliphatic heterocycles. The van der Waals surface area contributed by atoms with Crippen molar-refractivity contribution in [2.24, 2.45) is 4.99 Å². The first kappa shape index (κ1) is 20.7. The van der Waals surface area contributed by atoms with Crippen LogP contribution >= 0.6 is 0 Å². The quantitative estimate of drug-likeness (QED) is 0.414. The molecule has 146 valence electrons. The van der Waals surface area contributed by atoms with Crippen molar-refractivity contribution in [1.82, 2.24) is 10.6 Å². The largest absolute Gasteiger partial charge is 0.493 e. The van der Waals surface area contributed by atoms with E-state index in [2.05, 4.69) is 28.6 Å². The molecule has 1 saturated carbocycles. The third-order valence-corrected chi connectivity index (χ3v) is 6.55. The summed E-state index contributed by atoms with van der Waals surface area (Å²) in [4.78, 5) is 4.32. The van der Waals surface area contributed by atoms with Gasteiger partial charge in [-0.25, -0.2) is 0 Å². The van der Waals surface area contributed by atoms with Crippen LogP contribution < -0.4 is 15.4 Å². The molecule has 0 aromatic heterocycles. The lowest BCUT2D eigenvalue weighted by molar-refractivity contribution is 0.309. The normalized spacial score (nSPS) is 21.9. The number of nitrogens with one attached hydrogen (secondary N) is 2. The molecule has 2 rings (SSSR count). The maximum absolute atomic E-state index is 12.1. The van der Waals surface area contributed by atoms with Gasteiger partial charge in [-0.2, -0.15) is 0 Å². The summed E-state index contributed by atoms with van der Waals surface area (Å²) in [5.41, 5.74) is 1.16. The van der Waals surface area contributed by atoms with Gasteiger partial charge in [-0.3, -0.25) is 9.20 Å². The summed E-state index contributed by atoms with van der Waals surface area (Å²) in [5, 5.41) is 7.18. The molecule has 5 nitrogen and oxygen atoms in total. The molecule has 1 aromatic carbocycles. The van der Waals surface area contributed by atoms with Gasteiger partial charge < -0.3 is 15.4 Å². The number of aliphatic imine (C=N–C) groups is 1. The van der Waals surface area contributed by atoms with E-state index in [0.717, 1.165) is 61.7 Å². The first-order valence-electron chi connectivity index (χ1n) is 9.66. The molecule has 1 aliphatic carbocycles. The van der Waals surface area contributed by atoms with Crippen LogP contribution in [-0.2, 0) is 10.8 Å². The van der Waals surface area contributed by atoms with Crippen molar-refractivity contribution >= 4 is 16.8 Å².